The molecule has 0 N–H and O–H groups in total. The lowest BCUT2D eigenvalue weighted by Crippen LogP contribution is -2.00. The number of rotatable bonds is 2. The molecule has 0 radical (unpaired) electrons. The number of benzene rings is 1. The highest BCUT2D eigenvalue weighted by Crippen LogP contribution is 2.19. The van der Waals surface area contributed by atoms with Crippen molar-refractivity contribution in [1.29, 1.82) is 0 Å². The summed E-state index contributed by atoms with van der Waals surface area (Å²) in [6.07, 6.45) is 0.327. The van der Waals surface area contributed by atoms with Crippen molar-refractivity contribution in [2.45, 2.75) is 13.3 Å². The van der Waals surface area contributed by atoms with E-state index < -0.39 is 5.82 Å². The molecule has 1 aromatic carbocycles. The number of hydrogen-bond donors (Lipinski definition) is 0. The predicted octanol–water partition coefficient (Wildman–Crippen LogP) is 3.18. The monoisotopic (exact) mass is 230 g/mol. The van der Waals surface area contributed by atoms with Gasteiger partial charge in [0.05, 0.1) is 10.0 Å². The molecule has 64 valence electrons. The molecule has 0 heterocycles. The summed E-state index contributed by atoms with van der Waals surface area (Å²) in [6.45, 7) is 1.71. The van der Waals surface area contributed by atoms with Crippen molar-refractivity contribution in [3.05, 3.63) is 34.1 Å². The van der Waals surface area contributed by atoms with Gasteiger partial charge in [0.15, 0.2) is 5.78 Å². The summed E-state index contributed by atoms with van der Waals surface area (Å²) in [5, 5.41) is 0. The maximum absolute atomic E-state index is 13.2. The first-order chi connectivity index (χ1) is 5.66. The zero-order valence-electron chi connectivity index (χ0n) is 6.60. The lowest BCUT2D eigenvalue weighted by Gasteiger charge is -2.00. The van der Waals surface area contributed by atoms with E-state index in [1.54, 1.807) is 19.1 Å². The Morgan fingerprint density at radius 1 is 1.58 bits per heavy atom. The third kappa shape index (κ3) is 1.72. The smallest absolute Gasteiger partial charge is 0.165 e. The van der Waals surface area contributed by atoms with Crippen molar-refractivity contribution in [3.63, 3.8) is 0 Å². The van der Waals surface area contributed by atoms with Crippen LogP contribution in [-0.2, 0) is 0 Å². The Morgan fingerprint density at radius 3 is 2.83 bits per heavy atom. The minimum absolute atomic E-state index is 0.159. The zero-order valence-corrected chi connectivity index (χ0v) is 8.19. The van der Waals surface area contributed by atoms with E-state index >= 15 is 0 Å². The average molecular weight is 231 g/mol. The average Bonchev–Trinajstić information content (AvgIpc) is 2.08. The van der Waals surface area contributed by atoms with Crippen LogP contribution in [0.15, 0.2) is 22.7 Å². The highest BCUT2D eigenvalue weighted by atomic mass is 79.9. The second-order valence-electron chi connectivity index (χ2n) is 2.38. The summed E-state index contributed by atoms with van der Waals surface area (Å²) in [4.78, 5) is 11.1. The van der Waals surface area contributed by atoms with Gasteiger partial charge in [0.1, 0.15) is 5.82 Å². The van der Waals surface area contributed by atoms with Crippen molar-refractivity contribution in [2.75, 3.05) is 0 Å². The van der Waals surface area contributed by atoms with E-state index in [2.05, 4.69) is 15.9 Å². The number of halogens is 2. The summed E-state index contributed by atoms with van der Waals surface area (Å²) in [5.41, 5.74) is 0.159. The molecule has 0 fully saturated rings. The van der Waals surface area contributed by atoms with E-state index in [4.69, 9.17) is 0 Å². The zero-order chi connectivity index (χ0) is 9.14. The molecule has 3 heteroatoms. The van der Waals surface area contributed by atoms with Gasteiger partial charge in [0.2, 0.25) is 0 Å². The normalized spacial score (nSPS) is 9.92. The molecule has 0 aromatic heterocycles. The van der Waals surface area contributed by atoms with E-state index in [-0.39, 0.29) is 11.3 Å². The summed E-state index contributed by atoms with van der Waals surface area (Å²) in [7, 11) is 0. The Bertz CT molecular complexity index is 309. The number of carbonyl (C=O) groups is 1. The van der Waals surface area contributed by atoms with Gasteiger partial charge in [0.25, 0.3) is 0 Å². The van der Waals surface area contributed by atoms with Crippen LogP contribution in [0.2, 0.25) is 0 Å². The first kappa shape index (κ1) is 9.39. The Kier molecular flexibility index (Phi) is 2.98. The van der Waals surface area contributed by atoms with Gasteiger partial charge >= 0.3 is 0 Å². The molecule has 0 aliphatic heterocycles. The Hall–Kier alpha value is -0.700. The molecule has 0 spiro atoms. The number of carbonyl (C=O) groups excluding carboxylic acids is 1. The van der Waals surface area contributed by atoms with Gasteiger partial charge in [0, 0.05) is 6.42 Å². The molecule has 0 aliphatic rings. The molecule has 0 saturated heterocycles. The fourth-order valence-electron chi connectivity index (χ4n) is 0.910. The van der Waals surface area contributed by atoms with Crippen molar-refractivity contribution in [3.8, 4) is 0 Å². The highest BCUT2D eigenvalue weighted by molar-refractivity contribution is 9.10. The van der Waals surface area contributed by atoms with Gasteiger partial charge in [-0.05, 0) is 28.1 Å². The van der Waals surface area contributed by atoms with Crippen LogP contribution in [0.1, 0.15) is 23.7 Å². The topological polar surface area (TPSA) is 17.1 Å². The quantitative estimate of drug-likeness (QED) is 0.714. The second kappa shape index (κ2) is 3.81. The van der Waals surface area contributed by atoms with Crippen LogP contribution >= 0.6 is 15.9 Å². The second-order valence-corrected chi connectivity index (χ2v) is 3.23. The van der Waals surface area contributed by atoms with E-state index in [0.29, 0.717) is 10.9 Å². The van der Waals surface area contributed by atoms with Gasteiger partial charge in [-0.25, -0.2) is 4.39 Å². The van der Waals surface area contributed by atoms with Crippen LogP contribution in [0, 0.1) is 5.82 Å². The summed E-state index contributed by atoms with van der Waals surface area (Å²) >= 11 is 3.02. The molecule has 0 saturated carbocycles. The molecule has 0 amide bonds. The van der Waals surface area contributed by atoms with Crippen LogP contribution < -0.4 is 0 Å². The lowest BCUT2D eigenvalue weighted by molar-refractivity contribution is 0.0984. The van der Waals surface area contributed by atoms with Crippen molar-refractivity contribution < 1.29 is 9.18 Å². The lowest BCUT2D eigenvalue weighted by atomic mass is 10.1. The maximum Gasteiger partial charge on any atom is 0.165 e. The molecule has 0 aliphatic carbocycles. The largest absolute Gasteiger partial charge is 0.294 e. The number of Topliss-reactive ketones (excluding diaryl/α,β-unsaturated/α-hetero) is 1. The van der Waals surface area contributed by atoms with E-state index in [0.717, 1.165) is 0 Å². The van der Waals surface area contributed by atoms with E-state index in [1.807, 2.05) is 0 Å². The van der Waals surface area contributed by atoms with Gasteiger partial charge in [-0.2, -0.15) is 0 Å². The Balaban J connectivity index is 3.16. The third-order valence-corrected chi connectivity index (χ3v) is 2.19. The third-order valence-electron chi connectivity index (χ3n) is 1.57. The standard InChI is InChI=1S/C9H8BrFO/c1-2-8(12)6-4-3-5-7(10)9(6)11/h3-5H,2H2,1H3. The molecule has 0 atom stereocenters. The molecular formula is C9H8BrFO. The van der Waals surface area contributed by atoms with Crippen LogP contribution in [-0.4, -0.2) is 5.78 Å². The van der Waals surface area contributed by atoms with Gasteiger partial charge < -0.3 is 0 Å². The first-order valence-electron chi connectivity index (χ1n) is 3.64. The number of hydrogen-bond acceptors (Lipinski definition) is 1. The van der Waals surface area contributed by atoms with Crippen LogP contribution in [0.25, 0.3) is 0 Å². The van der Waals surface area contributed by atoms with E-state index in [1.165, 1.54) is 6.07 Å². The number of ketones is 1. The minimum atomic E-state index is -0.468. The summed E-state index contributed by atoms with van der Waals surface area (Å²) in [6, 6.07) is 4.71. The van der Waals surface area contributed by atoms with Crippen molar-refractivity contribution in [1.82, 2.24) is 0 Å². The minimum Gasteiger partial charge on any atom is -0.294 e. The molecule has 0 unspecified atom stereocenters. The maximum atomic E-state index is 13.2. The first-order valence-corrected chi connectivity index (χ1v) is 4.43. The molecule has 12 heavy (non-hydrogen) atoms. The van der Waals surface area contributed by atoms with Gasteiger partial charge in [-0.3, -0.25) is 4.79 Å². The highest BCUT2D eigenvalue weighted by Gasteiger charge is 2.10. The van der Waals surface area contributed by atoms with Crippen LogP contribution in [0.5, 0.6) is 0 Å². The summed E-state index contributed by atoms with van der Waals surface area (Å²) < 4.78 is 13.5. The Morgan fingerprint density at radius 2 is 2.25 bits per heavy atom. The van der Waals surface area contributed by atoms with E-state index in [9.17, 15) is 9.18 Å². The van der Waals surface area contributed by atoms with Crippen molar-refractivity contribution >= 4 is 21.7 Å². The molecule has 1 aromatic rings. The molecule has 1 rings (SSSR count). The van der Waals surface area contributed by atoms with Crippen LogP contribution in [0.4, 0.5) is 4.39 Å². The molecular weight excluding hydrogens is 223 g/mol. The Labute approximate surface area is 78.7 Å². The molecule has 0 bridgehead atoms. The predicted molar refractivity (Wildman–Crippen MR) is 48.7 cm³/mol. The SMILES string of the molecule is CCC(=O)c1cccc(Br)c1F. The van der Waals surface area contributed by atoms with Gasteiger partial charge in [-0.1, -0.05) is 13.0 Å². The summed E-state index contributed by atoms with van der Waals surface area (Å²) in [5.74, 6) is -0.641. The molecule has 1 nitrogen and oxygen atoms in total. The van der Waals surface area contributed by atoms with Gasteiger partial charge in [-0.15, -0.1) is 0 Å². The fraction of sp³-hybridized carbons (Fsp3) is 0.222. The fourth-order valence-corrected chi connectivity index (χ4v) is 1.28. The van der Waals surface area contributed by atoms with Crippen LogP contribution in [0.3, 0.4) is 0 Å². The van der Waals surface area contributed by atoms with Crippen molar-refractivity contribution in [2.24, 2.45) is 0 Å².